The smallest absolute Gasteiger partial charge is 0.254 e. The van der Waals surface area contributed by atoms with E-state index in [1.807, 2.05) is 0 Å². The molecule has 0 spiro atoms. The van der Waals surface area contributed by atoms with Crippen molar-refractivity contribution in [3.05, 3.63) is 35.2 Å². The number of aromatic hydroxyl groups is 1. The summed E-state index contributed by atoms with van der Waals surface area (Å²) in [4.78, 5) is 21.1. The number of hydrogen-bond acceptors (Lipinski definition) is 8. The number of aryl methyl sites for hydroxylation is 2. The third-order valence-corrected chi connectivity index (χ3v) is 7.24. The summed E-state index contributed by atoms with van der Waals surface area (Å²) in [5, 5.41) is 16.8. The number of nitrogen functional groups attached to an aromatic ring is 1. The van der Waals surface area contributed by atoms with E-state index < -0.39 is 15.9 Å². The molecule has 31 heavy (non-hydrogen) atoms. The summed E-state index contributed by atoms with van der Waals surface area (Å²) in [7, 11) is -3.68. The molecule has 1 amide bonds. The minimum absolute atomic E-state index is 0.0241. The Kier molecular flexibility index (Phi) is 5.27. The standard InChI is InChI=1S/C19H23N7O4S/c1-11-14(12(2)26-19(21-11)23-18(20)24-26)10-17(28)22-15-9-13(5-6-16(15)27)31(29,30)25-7-3-4-8-25/h5-6,9,27H,3-4,7-8,10H2,1-2H3,(H2,20,24)(H,22,28). The second-order valence-electron chi connectivity index (χ2n) is 7.46. The van der Waals surface area contributed by atoms with Crippen LogP contribution in [0.1, 0.15) is 29.8 Å². The van der Waals surface area contributed by atoms with Crippen LogP contribution in [0.25, 0.3) is 5.78 Å². The van der Waals surface area contributed by atoms with Crippen LogP contribution in [0.15, 0.2) is 23.1 Å². The molecule has 1 aliphatic heterocycles. The van der Waals surface area contributed by atoms with Crippen molar-refractivity contribution in [3.8, 4) is 5.75 Å². The van der Waals surface area contributed by atoms with Crippen LogP contribution in [0.5, 0.6) is 5.75 Å². The summed E-state index contributed by atoms with van der Waals surface area (Å²) in [5.41, 5.74) is 7.56. The van der Waals surface area contributed by atoms with E-state index in [4.69, 9.17) is 5.73 Å². The van der Waals surface area contributed by atoms with Gasteiger partial charge in [-0.15, -0.1) is 5.10 Å². The Morgan fingerprint density at radius 3 is 2.65 bits per heavy atom. The zero-order chi connectivity index (χ0) is 22.3. The van der Waals surface area contributed by atoms with Crippen molar-refractivity contribution in [1.82, 2.24) is 23.9 Å². The molecule has 164 valence electrons. The molecule has 0 unspecified atom stereocenters. The first kappa shape index (κ1) is 21.0. The van der Waals surface area contributed by atoms with E-state index in [0.29, 0.717) is 35.8 Å². The fourth-order valence-electron chi connectivity index (χ4n) is 3.69. The molecule has 0 bridgehead atoms. The normalized spacial score (nSPS) is 14.9. The highest BCUT2D eigenvalue weighted by Crippen LogP contribution is 2.29. The van der Waals surface area contributed by atoms with Gasteiger partial charge < -0.3 is 16.2 Å². The van der Waals surface area contributed by atoms with Gasteiger partial charge in [0.15, 0.2) is 0 Å². The van der Waals surface area contributed by atoms with E-state index in [9.17, 15) is 18.3 Å². The third kappa shape index (κ3) is 3.91. The Hall–Kier alpha value is -3.25. The Balaban J connectivity index is 1.59. The monoisotopic (exact) mass is 445 g/mol. The van der Waals surface area contributed by atoms with E-state index >= 15 is 0 Å². The highest BCUT2D eigenvalue weighted by Gasteiger charge is 2.28. The lowest BCUT2D eigenvalue weighted by Crippen LogP contribution is -2.28. The summed E-state index contributed by atoms with van der Waals surface area (Å²) in [6, 6.07) is 3.88. The Morgan fingerprint density at radius 2 is 1.94 bits per heavy atom. The molecule has 0 saturated carbocycles. The molecule has 0 aliphatic carbocycles. The molecule has 4 rings (SSSR count). The molecule has 0 radical (unpaired) electrons. The van der Waals surface area contributed by atoms with Crippen LogP contribution in [-0.4, -0.2) is 56.4 Å². The summed E-state index contributed by atoms with van der Waals surface area (Å²) in [6.07, 6.45) is 1.58. The number of carbonyl (C=O) groups is 1. The number of amides is 1. The van der Waals surface area contributed by atoms with Gasteiger partial charge in [0, 0.05) is 30.0 Å². The molecular weight excluding hydrogens is 422 g/mol. The van der Waals surface area contributed by atoms with Crippen LogP contribution in [0.4, 0.5) is 11.6 Å². The van der Waals surface area contributed by atoms with Gasteiger partial charge in [0.25, 0.3) is 5.78 Å². The number of benzene rings is 1. The molecule has 1 aromatic carbocycles. The number of aromatic nitrogens is 4. The number of phenolic OH excluding ortho intramolecular Hbond substituents is 1. The minimum Gasteiger partial charge on any atom is -0.506 e. The van der Waals surface area contributed by atoms with E-state index in [1.165, 1.54) is 27.0 Å². The van der Waals surface area contributed by atoms with Crippen molar-refractivity contribution in [2.75, 3.05) is 24.1 Å². The zero-order valence-electron chi connectivity index (χ0n) is 17.2. The Bertz CT molecular complexity index is 1280. The lowest BCUT2D eigenvalue weighted by Gasteiger charge is -2.17. The fraction of sp³-hybridized carbons (Fsp3) is 0.368. The van der Waals surface area contributed by atoms with Crippen molar-refractivity contribution in [2.24, 2.45) is 0 Å². The molecule has 4 N–H and O–H groups in total. The molecule has 0 atom stereocenters. The summed E-state index contributed by atoms with van der Waals surface area (Å²) in [6.45, 7) is 4.46. The van der Waals surface area contributed by atoms with Crippen molar-refractivity contribution in [3.63, 3.8) is 0 Å². The predicted octanol–water partition coefficient (Wildman–Crippen LogP) is 0.995. The number of carbonyl (C=O) groups excluding carboxylic acids is 1. The van der Waals surface area contributed by atoms with Gasteiger partial charge in [0.05, 0.1) is 17.0 Å². The highest BCUT2D eigenvalue weighted by atomic mass is 32.2. The largest absolute Gasteiger partial charge is 0.506 e. The first-order valence-electron chi connectivity index (χ1n) is 9.78. The second-order valence-corrected chi connectivity index (χ2v) is 9.40. The molecule has 3 aromatic rings. The Morgan fingerprint density at radius 1 is 1.23 bits per heavy atom. The molecule has 12 heteroatoms. The van der Waals surface area contributed by atoms with Crippen LogP contribution in [0, 0.1) is 13.8 Å². The van der Waals surface area contributed by atoms with Gasteiger partial charge in [-0.1, -0.05) is 0 Å². The van der Waals surface area contributed by atoms with Gasteiger partial charge in [0.2, 0.25) is 21.9 Å². The average molecular weight is 446 g/mol. The van der Waals surface area contributed by atoms with Crippen LogP contribution < -0.4 is 11.1 Å². The number of nitrogens with two attached hydrogens (primary N) is 1. The maximum absolute atomic E-state index is 12.8. The number of fused-ring (bicyclic) bond motifs is 1. The maximum Gasteiger partial charge on any atom is 0.254 e. The van der Waals surface area contributed by atoms with Gasteiger partial charge in [0.1, 0.15) is 5.75 Å². The Labute approximate surface area is 179 Å². The predicted molar refractivity (Wildman–Crippen MR) is 113 cm³/mol. The fourth-order valence-corrected chi connectivity index (χ4v) is 5.23. The number of nitrogens with zero attached hydrogens (tertiary/aromatic N) is 5. The number of rotatable bonds is 5. The molecule has 2 aromatic heterocycles. The number of hydrogen-bond donors (Lipinski definition) is 3. The lowest BCUT2D eigenvalue weighted by atomic mass is 10.1. The van der Waals surface area contributed by atoms with Gasteiger partial charge in [-0.25, -0.2) is 13.4 Å². The highest BCUT2D eigenvalue weighted by molar-refractivity contribution is 7.89. The van der Waals surface area contributed by atoms with Gasteiger partial charge >= 0.3 is 0 Å². The van der Waals surface area contributed by atoms with Crippen molar-refractivity contribution >= 4 is 33.3 Å². The van der Waals surface area contributed by atoms with Crippen LogP contribution in [0.2, 0.25) is 0 Å². The van der Waals surface area contributed by atoms with Crippen LogP contribution in [-0.2, 0) is 21.2 Å². The SMILES string of the molecule is Cc1nc2nc(N)nn2c(C)c1CC(=O)Nc1cc(S(=O)(=O)N2CCCC2)ccc1O. The average Bonchev–Trinajstić information content (AvgIpc) is 3.37. The topological polar surface area (TPSA) is 156 Å². The molecule has 1 saturated heterocycles. The van der Waals surface area contributed by atoms with Gasteiger partial charge in [-0.3, -0.25) is 4.79 Å². The van der Waals surface area contributed by atoms with Crippen molar-refractivity contribution in [2.45, 2.75) is 38.0 Å². The third-order valence-electron chi connectivity index (χ3n) is 5.35. The van der Waals surface area contributed by atoms with Crippen LogP contribution >= 0.6 is 0 Å². The summed E-state index contributed by atoms with van der Waals surface area (Å²) >= 11 is 0. The van der Waals surface area contributed by atoms with Crippen molar-refractivity contribution in [1.29, 1.82) is 0 Å². The number of nitrogens with one attached hydrogen (secondary N) is 1. The number of anilines is 2. The van der Waals surface area contributed by atoms with E-state index in [1.54, 1.807) is 13.8 Å². The lowest BCUT2D eigenvalue weighted by molar-refractivity contribution is -0.115. The first-order valence-corrected chi connectivity index (χ1v) is 11.2. The van der Waals surface area contributed by atoms with E-state index in [-0.39, 0.29) is 28.7 Å². The number of sulfonamides is 1. The van der Waals surface area contributed by atoms with Crippen molar-refractivity contribution < 1.29 is 18.3 Å². The molecular formula is C19H23N7O4S. The number of phenols is 1. The van der Waals surface area contributed by atoms with Gasteiger partial charge in [-0.2, -0.15) is 13.8 Å². The first-order chi connectivity index (χ1) is 14.7. The quantitative estimate of drug-likeness (QED) is 0.491. The van der Waals surface area contributed by atoms with Gasteiger partial charge in [-0.05, 0) is 44.9 Å². The van der Waals surface area contributed by atoms with E-state index in [2.05, 4.69) is 20.4 Å². The summed E-state index contributed by atoms with van der Waals surface area (Å²) in [5.74, 6) is -0.238. The maximum atomic E-state index is 12.8. The second kappa shape index (κ2) is 7.78. The molecule has 1 fully saturated rings. The zero-order valence-corrected chi connectivity index (χ0v) is 18.0. The molecule has 1 aliphatic rings. The minimum atomic E-state index is -3.68. The molecule has 3 heterocycles. The van der Waals surface area contributed by atoms with E-state index in [0.717, 1.165) is 12.8 Å². The molecule has 11 nitrogen and oxygen atoms in total. The van der Waals surface area contributed by atoms with Crippen LogP contribution in [0.3, 0.4) is 0 Å². The summed E-state index contributed by atoms with van der Waals surface area (Å²) < 4.78 is 28.4.